The van der Waals surface area contributed by atoms with E-state index in [9.17, 15) is 9.59 Å². The molecule has 168 valence electrons. The number of rotatable bonds is 8. The lowest BCUT2D eigenvalue weighted by molar-refractivity contribution is 0.0508. The molecule has 0 aliphatic rings. The first-order chi connectivity index (χ1) is 15.3. The summed E-state index contributed by atoms with van der Waals surface area (Å²) in [6.07, 6.45) is 1.04. The molecular formula is C22H26N6O4. The summed E-state index contributed by atoms with van der Waals surface area (Å²) in [5, 5.41) is 20.6. The third-order valence-electron chi connectivity index (χ3n) is 4.82. The Morgan fingerprint density at radius 3 is 2.75 bits per heavy atom. The second-order valence-electron chi connectivity index (χ2n) is 8.30. The monoisotopic (exact) mass is 438 g/mol. The summed E-state index contributed by atoms with van der Waals surface area (Å²) in [7, 11) is 0. The zero-order chi connectivity index (χ0) is 23.3. The molecule has 32 heavy (non-hydrogen) atoms. The molecule has 0 fully saturated rings. The highest BCUT2D eigenvalue weighted by atomic mass is 16.5. The van der Waals surface area contributed by atoms with Crippen molar-refractivity contribution in [2.45, 2.75) is 53.1 Å². The van der Waals surface area contributed by atoms with Gasteiger partial charge in [0.2, 0.25) is 5.89 Å². The van der Waals surface area contributed by atoms with E-state index in [1.165, 1.54) is 0 Å². The van der Waals surface area contributed by atoms with Gasteiger partial charge in [-0.1, -0.05) is 39.0 Å². The Morgan fingerprint density at radius 1 is 1.31 bits per heavy atom. The Morgan fingerprint density at radius 2 is 2.06 bits per heavy atom. The van der Waals surface area contributed by atoms with E-state index < -0.39 is 23.3 Å². The highest BCUT2D eigenvalue weighted by molar-refractivity contribution is 6.05. The summed E-state index contributed by atoms with van der Waals surface area (Å²) >= 11 is 0. The smallest absolute Gasteiger partial charge is 0.379 e. The molecule has 2 heterocycles. The minimum atomic E-state index is -0.691. The van der Waals surface area contributed by atoms with Crippen molar-refractivity contribution in [2.24, 2.45) is 5.41 Å². The molecule has 0 saturated carbocycles. The number of aryl methyl sites for hydroxylation is 1. The van der Waals surface area contributed by atoms with Crippen LogP contribution in [0.25, 0.3) is 10.9 Å². The first kappa shape index (κ1) is 22.9. The number of unbranched alkanes of at least 4 members (excludes halogenated alkanes) is 1. The van der Waals surface area contributed by atoms with Gasteiger partial charge in [0.05, 0.1) is 18.2 Å². The molecule has 0 radical (unpaired) electrons. The minimum absolute atomic E-state index is 0.103. The number of benzene rings is 1. The first-order valence-electron chi connectivity index (χ1n) is 10.4. The summed E-state index contributed by atoms with van der Waals surface area (Å²) < 4.78 is 11.9. The number of nitrogens with zero attached hydrogens (tertiary/aromatic N) is 5. The fourth-order valence-electron chi connectivity index (χ4n) is 3.25. The van der Waals surface area contributed by atoms with Gasteiger partial charge in [-0.3, -0.25) is 9.48 Å². The van der Waals surface area contributed by atoms with Crippen molar-refractivity contribution in [3.8, 4) is 6.07 Å². The molecule has 0 aliphatic heterocycles. The Hall–Kier alpha value is -3.74. The zero-order valence-electron chi connectivity index (χ0n) is 18.6. The lowest BCUT2D eigenvalue weighted by Gasteiger charge is -2.28. The van der Waals surface area contributed by atoms with Gasteiger partial charge >= 0.3 is 5.97 Å². The molecule has 1 amide bonds. The van der Waals surface area contributed by atoms with Crippen molar-refractivity contribution in [2.75, 3.05) is 6.61 Å². The zero-order valence-corrected chi connectivity index (χ0v) is 18.6. The molecule has 3 rings (SSSR count). The van der Waals surface area contributed by atoms with E-state index >= 15 is 0 Å². The number of hydrogen-bond acceptors (Lipinski definition) is 8. The third kappa shape index (κ3) is 4.94. The number of hydrogen-bond donors (Lipinski definition) is 1. The summed E-state index contributed by atoms with van der Waals surface area (Å²) in [6, 6.07) is 8.87. The lowest BCUT2D eigenvalue weighted by Crippen LogP contribution is -2.37. The van der Waals surface area contributed by atoms with Gasteiger partial charge in [0.15, 0.2) is 5.69 Å². The molecule has 0 bridgehead atoms. The van der Waals surface area contributed by atoms with Crippen LogP contribution in [0.1, 0.15) is 73.6 Å². The van der Waals surface area contributed by atoms with Crippen LogP contribution in [0, 0.1) is 16.7 Å². The van der Waals surface area contributed by atoms with Crippen LogP contribution in [0.3, 0.4) is 0 Å². The van der Waals surface area contributed by atoms with Gasteiger partial charge in [0.1, 0.15) is 6.04 Å². The largest absolute Gasteiger partial charge is 0.460 e. The van der Waals surface area contributed by atoms with Crippen molar-refractivity contribution in [3.05, 3.63) is 41.7 Å². The maximum atomic E-state index is 13.3. The highest BCUT2D eigenvalue weighted by Gasteiger charge is 2.35. The molecule has 2 aromatic heterocycles. The molecule has 3 aromatic rings. The van der Waals surface area contributed by atoms with Crippen LogP contribution in [-0.2, 0) is 11.3 Å². The van der Waals surface area contributed by atoms with Crippen molar-refractivity contribution >= 4 is 22.8 Å². The number of esters is 1. The number of carbonyl (C=O) groups excluding carboxylic acids is 2. The molecule has 0 unspecified atom stereocenters. The SMILES string of the molecule is CCOC(=O)c1noc([C@@H](NC(=O)c2nn(CCCC#N)c3ccccc23)C(C)(C)C)n1. The Bertz CT molecular complexity index is 1150. The number of aromatic nitrogens is 4. The molecule has 10 nitrogen and oxygen atoms in total. The quantitative estimate of drug-likeness (QED) is 0.417. The predicted octanol–water partition coefficient (Wildman–Crippen LogP) is 3.42. The lowest BCUT2D eigenvalue weighted by atomic mass is 9.86. The third-order valence-corrected chi connectivity index (χ3v) is 4.82. The van der Waals surface area contributed by atoms with E-state index in [-0.39, 0.29) is 24.0 Å². The van der Waals surface area contributed by atoms with Crippen LogP contribution in [-0.4, -0.2) is 38.4 Å². The van der Waals surface area contributed by atoms with Gasteiger partial charge in [0.25, 0.3) is 11.7 Å². The van der Waals surface area contributed by atoms with Crippen LogP contribution in [0.2, 0.25) is 0 Å². The Kier molecular flexibility index (Phi) is 6.88. The number of nitrogens with one attached hydrogen (secondary N) is 1. The van der Waals surface area contributed by atoms with Crippen LogP contribution >= 0.6 is 0 Å². The fourth-order valence-corrected chi connectivity index (χ4v) is 3.25. The molecule has 0 aliphatic carbocycles. The van der Waals surface area contributed by atoms with E-state index in [4.69, 9.17) is 14.5 Å². The second-order valence-corrected chi connectivity index (χ2v) is 8.30. The van der Waals surface area contributed by atoms with Gasteiger partial charge in [-0.2, -0.15) is 15.3 Å². The summed E-state index contributed by atoms with van der Waals surface area (Å²) in [4.78, 5) is 29.3. The second kappa shape index (κ2) is 9.60. The van der Waals surface area contributed by atoms with Crippen molar-refractivity contribution in [3.63, 3.8) is 0 Å². The van der Waals surface area contributed by atoms with E-state index in [0.717, 1.165) is 5.52 Å². The maximum absolute atomic E-state index is 13.3. The number of fused-ring (bicyclic) bond motifs is 1. The van der Waals surface area contributed by atoms with Crippen LogP contribution in [0.15, 0.2) is 28.8 Å². The minimum Gasteiger partial charge on any atom is -0.460 e. The van der Waals surface area contributed by atoms with Gasteiger partial charge in [-0.05, 0) is 30.0 Å². The van der Waals surface area contributed by atoms with Crippen molar-refractivity contribution in [1.82, 2.24) is 25.2 Å². The molecular weight excluding hydrogens is 412 g/mol. The summed E-state index contributed by atoms with van der Waals surface area (Å²) in [6.45, 7) is 8.12. The highest BCUT2D eigenvalue weighted by Crippen LogP contribution is 2.32. The van der Waals surface area contributed by atoms with Crippen LogP contribution < -0.4 is 5.32 Å². The van der Waals surface area contributed by atoms with Crippen LogP contribution in [0.5, 0.6) is 0 Å². The number of nitriles is 1. The van der Waals surface area contributed by atoms with Gasteiger partial charge < -0.3 is 14.6 Å². The molecule has 0 saturated heterocycles. The van der Waals surface area contributed by atoms with E-state index in [0.29, 0.717) is 24.8 Å². The first-order valence-corrected chi connectivity index (χ1v) is 10.4. The van der Waals surface area contributed by atoms with E-state index in [2.05, 4.69) is 26.6 Å². The van der Waals surface area contributed by atoms with E-state index in [1.807, 2.05) is 45.0 Å². The fraction of sp³-hybridized carbons (Fsp3) is 0.455. The number of ether oxygens (including phenoxy) is 1. The summed E-state index contributed by atoms with van der Waals surface area (Å²) in [5.41, 5.74) is 0.571. The van der Waals surface area contributed by atoms with Crippen molar-refractivity contribution < 1.29 is 18.8 Å². The molecule has 0 spiro atoms. The van der Waals surface area contributed by atoms with Gasteiger partial charge in [-0.25, -0.2) is 4.79 Å². The molecule has 10 heteroatoms. The summed E-state index contributed by atoms with van der Waals surface area (Å²) in [5.74, 6) is -1.19. The van der Waals surface area contributed by atoms with E-state index in [1.54, 1.807) is 11.6 Å². The topological polar surface area (TPSA) is 136 Å². The van der Waals surface area contributed by atoms with Gasteiger partial charge in [-0.15, -0.1) is 0 Å². The standard InChI is InChI=1S/C22H26N6O4/c1-5-31-21(30)18-25-20(32-27-18)17(22(2,3)4)24-19(29)16-14-10-6-7-11-15(14)28(26-16)13-9-8-12-23/h6-7,10-11,17H,5,8-9,13H2,1-4H3,(H,24,29)/t17-/m1/s1. The maximum Gasteiger partial charge on any atom is 0.379 e. The van der Waals surface area contributed by atoms with Crippen molar-refractivity contribution in [1.29, 1.82) is 5.26 Å². The normalized spacial score (nSPS) is 12.3. The number of carbonyl (C=O) groups is 2. The molecule has 1 N–H and O–H groups in total. The average molecular weight is 438 g/mol. The average Bonchev–Trinajstić information content (AvgIpc) is 3.37. The Labute approximate surface area is 185 Å². The number of para-hydroxylation sites is 1. The van der Waals surface area contributed by atoms with Gasteiger partial charge in [0, 0.05) is 18.4 Å². The molecule has 1 aromatic carbocycles. The predicted molar refractivity (Wildman–Crippen MR) is 114 cm³/mol. The van der Waals surface area contributed by atoms with Crippen LogP contribution in [0.4, 0.5) is 0 Å². The Balaban J connectivity index is 1.90. The number of amides is 1. The molecule has 1 atom stereocenters.